The quantitative estimate of drug-likeness (QED) is 0.0200. The number of ether oxygens (including phenoxy) is 1. The van der Waals surface area contributed by atoms with Gasteiger partial charge in [0.15, 0.2) is 0 Å². The monoisotopic (exact) mass is 1400 g/mol. The van der Waals surface area contributed by atoms with Gasteiger partial charge in [-0.3, -0.25) is 43.5 Å². The van der Waals surface area contributed by atoms with Gasteiger partial charge in [0.05, 0.1) is 52.0 Å². The first-order chi connectivity index (χ1) is 47.4. The molecule has 26 heteroatoms. The molecule has 4 aliphatic rings. The minimum atomic E-state index is -1.05. The number of likely N-dealkylation sites (tertiary alicyclic amines) is 1. The maximum absolute atomic E-state index is 14.6. The molecule has 0 radical (unpaired) electrons. The number of rotatable bonds is 30. The highest BCUT2D eigenvalue weighted by molar-refractivity contribution is 7.09. The van der Waals surface area contributed by atoms with E-state index in [4.69, 9.17) is 4.74 Å². The van der Waals surface area contributed by atoms with Crippen molar-refractivity contribution in [2.24, 2.45) is 29.1 Å². The number of alkyl carbamates (subject to hydrolysis) is 1. The summed E-state index contributed by atoms with van der Waals surface area (Å²) in [6.07, 6.45) is 14.7. The van der Waals surface area contributed by atoms with Crippen LogP contribution in [0.15, 0.2) is 96.3 Å². The second kappa shape index (κ2) is 36.7. The number of Topliss-reactive ketones (excluding diaryl/α,β-unsaturated/α-hetero) is 1. The molecule has 3 aliphatic carbocycles. The Morgan fingerprint density at radius 3 is 2.06 bits per heavy atom. The number of fused-ring (bicyclic) bond motifs is 1. The normalized spacial score (nSPS) is 18.9. The van der Waals surface area contributed by atoms with Crippen LogP contribution in [0.5, 0.6) is 0 Å². The minimum Gasteiger partial charge on any atom is -0.444 e. The van der Waals surface area contributed by atoms with E-state index in [2.05, 4.69) is 71.0 Å². The number of aromatic nitrogens is 4. The van der Waals surface area contributed by atoms with Gasteiger partial charge in [-0.15, -0.1) is 22.7 Å². The number of carbonyl (C=O) groups excluding carboxylic acids is 9. The number of benzene rings is 2. The lowest BCUT2D eigenvalue weighted by atomic mass is 9.82. The van der Waals surface area contributed by atoms with Gasteiger partial charge in [0, 0.05) is 55.6 Å². The molecule has 8 N–H and O–H groups in total. The third kappa shape index (κ3) is 22.6. The number of nitrogens with zero attached hydrogens (tertiary/aromatic N) is 6. The van der Waals surface area contributed by atoms with Crippen molar-refractivity contribution in [2.75, 3.05) is 13.6 Å². The van der Waals surface area contributed by atoms with Gasteiger partial charge < -0.3 is 56.9 Å². The van der Waals surface area contributed by atoms with Crippen LogP contribution in [-0.4, -0.2) is 156 Å². The lowest BCUT2D eigenvalue weighted by Gasteiger charge is -2.38. The van der Waals surface area contributed by atoms with Gasteiger partial charge in [-0.05, 0) is 104 Å². The summed E-state index contributed by atoms with van der Waals surface area (Å²) in [5.74, 6) is -3.48. The van der Waals surface area contributed by atoms with Crippen molar-refractivity contribution in [3.63, 3.8) is 0 Å². The summed E-state index contributed by atoms with van der Waals surface area (Å²) in [6, 6.07) is 13.1. The number of ketones is 1. The Hall–Kier alpha value is -8.23. The number of amides is 9. The molecule has 24 nitrogen and oxygen atoms in total. The molecule has 0 spiro atoms. The Morgan fingerprint density at radius 2 is 1.45 bits per heavy atom. The maximum Gasteiger partial charge on any atom is 0.407 e. The molecule has 9 rings (SSSR count). The van der Waals surface area contributed by atoms with E-state index in [1.54, 1.807) is 35.0 Å². The van der Waals surface area contributed by atoms with Gasteiger partial charge in [-0.1, -0.05) is 148 Å². The van der Waals surface area contributed by atoms with Crippen molar-refractivity contribution >= 4 is 76.0 Å². The fourth-order valence-corrected chi connectivity index (χ4v) is 14.6. The van der Waals surface area contributed by atoms with Gasteiger partial charge in [-0.2, -0.15) is 0 Å². The Kier molecular flexibility index (Phi) is 28.4. The number of thiazole rings is 2. The number of urea groups is 1. The van der Waals surface area contributed by atoms with E-state index in [1.165, 1.54) is 34.8 Å². The average molecular weight is 1400 g/mol. The highest BCUT2D eigenvalue weighted by Crippen LogP contribution is 2.43. The van der Waals surface area contributed by atoms with Gasteiger partial charge in [0.25, 0.3) is 11.8 Å². The van der Waals surface area contributed by atoms with Crippen LogP contribution < -0.4 is 37.2 Å². The zero-order chi connectivity index (χ0) is 71.3. The molecular formula is C73H101N13O11S2. The fourth-order valence-electron chi connectivity index (χ4n) is 13.3. The summed E-state index contributed by atoms with van der Waals surface area (Å²) in [5, 5.41) is 35.0. The molecule has 536 valence electrons. The molecule has 9 amide bonds. The number of aliphatic hydroxyl groups excluding tert-OH is 1. The molecule has 2 aromatic carbocycles. The summed E-state index contributed by atoms with van der Waals surface area (Å²) < 4.78 is 5.42. The summed E-state index contributed by atoms with van der Waals surface area (Å²) in [6.45, 7) is 16.1. The standard InChI is InChI=1S/C37H48N6O5S2.C36H53N7O6/c1-24(2)33(42-36(46)43(5)20-29-22-49-35(40-29)25(3)4)34(45)39-28(16-26-12-8-6-9-13-26)18-32(44)31(17-27-14-10-7-11-15-27)41-37(47)48-21-30-19-38-23-50-30;1-5-10-25(29(44)34(48)39-23-15-16-23)40-33(47)28-24-14-9-13-22(24)20-43(28)35(49)30(36(2,3)4)42-32(46)27(21-11-7-6-8-12-21)41-31(45)26-19-37-17-18-38-26/h6-15,19,22-25,28,31-33,44H,16-18,20-21H2,1-5H3,(H,39,45)(H,41,47)(H,42,46);17-19,21-25,27-28,30H,5-16,20H2,1-4H3,(H,39,48)(H,40,47)(H,41,45)(H,42,46)/t28-,31-,32-,33-;22-,24-,25-,27-,28-,30+/m00/s1. The number of aliphatic hydroxyl groups is 1. The molecule has 3 saturated carbocycles. The zero-order valence-corrected chi connectivity index (χ0v) is 60.2. The van der Waals surface area contributed by atoms with Crippen LogP contribution in [0.3, 0.4) is 0 Å². The third-order valence-electron chi connectivity index (χ3n) is 18.8. The molecule has 3 aromatic heterocycles. The molecule has 99 heavy (non-hydrogen) atoms. The predicted octanol–water partition coefficient (Wildman–Crippen LogP) is 8.35. The maximum atomic E-state index is 14.6. The first-order valence-corrected chi connectivity index (χ1v) is 36.8. The van der Waals surface area contributed by atoms with Crippen LogP contribution in [-0.2, 0) is 59.5 Å². The van der Waals surface area contributed by atoms with E-state index in [9.17, 15) is 48.3 Å². The van der Waals surface area contributed by atoms with Crippen LogP contribution >= 0.6 is 22.7 Å². The summed E-state index contributed by atoms with van der Waals surface area (Å²) >= 11 is 2.95. The van der Waals surface area contributed by atoms with Crippen molar-refractivity contribution in [3.8, 4) is 0 Å². The van der Waals surface area contributed by atoms with E-state index in [-0.39, 0.29) is 66.3 Å². The first-order valence-electron chi connectivity index (χ1n) is 35.0. The van der Waals surface area contributed by atoms with Crippen molar-refractivity contribution in [2.45, 2.75) is 225 Å². The van der Waals surface area contributed by atoms with Gasteiger partial charge >= 0.3 is 12.1 Å². The number of hydrogen-bond donors (Lipinski definition) is 8. The number of hydrogen-bond acceptors (Lipinski definition) is 17. The van der Waals surface area contributed by atoms with Crippen LogP contribution in [0.2, 0.25) is 0 Å². The second-order valence-electron chi connectivity index (χ2n) is 28.5. The van der Waals surface area contributed by atoms with Crippen molar-refractivity contribution in [1.29, 1.82) is 0 Å². The van der Waals surface area contributed by atoms with Gasteiger partial charge in [-0.25, -0.2) is 19.6 Å². The molecule has 5 aromatic rings. The molecule has 0 unspecified atom stereocenters. The smallest absolute Gasteiger partial charge is 0.407 e. The van der Waals surface area contributed by atoms with Gasteiger partial charge in [0.2, 0.25) is 29.4 Å². The van der Waals surface area contributed by atoms with E-state index in [0.717, 1.165) is 90.9 Å². The number of nitrogens with one attached hydrogen (secondary N) is 7. The van der Waals surface area contributed by atoms with Crippen LogP contribution in [0.1, 0.15) is 182 Å². The third-order valence-corrected chi connectivity index (χ3v) is 20.8. The molecule has 1 aliphatic heterocycles. The SMILES string of the molecule is CC(C)c1nc(CN(C)C(=O)N[C@H](C(=O)N[C@@H](Cc2ccccc2)C[C@H](O)[C@H](Cc2ccccc2)NC(=O)OCc2cncs2)C(C)C)cs1.CCC[C@H](NC(=O)[C@@H]1[C@H]2CCC[C@H]2CN1C(=O)[C@@H](NC(=O)[C@@H](NC(=O)c1cnccn1)C1CCCCC1)C(C)(C)C)C(=O)C(=O)NC1CC1. The fraction of sp³-hybridized carbons (Fsp3) is 0.575. The van der Waals surface area contributed by atoms with E-state index in [1.807, 2.05) is 108 Å². The lowest BCUT2D eigenvalue weighted by molar-refractivity contribution is -0.146. The Morgan fingerprint density at radius 1 is 0.758 bits per heavy atom. The van der Waals surface area contributed by atoms with Crippen molar-refractivity contribution < 1.29 is 53.0 Å². The Labute approximate surface area is 589 Å². The predicted molar refractivity (Wildman–Crippen MR) is 377 cm³/mol. The van der Waals surface area contributed by atoms with Gasteiger partial charge in [0.1, 0.15) is 36.5 Å². The zero-order valence-electron chi connectivity index (χ0n) is 58.6. The molecule has 4 fully saturated rings. The second-order valence-corrected chi connectivity index (χ2v) is 30.4. The lowest BCUT2D eigenvalue weighted by Crippen LogP contribution is -2.62. The Bertz CT molecular complexity index is 3460. The van der Waals surface area contributed by atoms with Crippen LogP contribution in [0.25, 0.3) is 0 Å². The van der Waals surface area contributed by atoms with E-state index < -0.39 is 89.3 Å². The summed E-state index contributed by atoms with van der Waals surface area (Å²) in [4.78, 5) is 142. The summed E-state index contributed by atoms with van der Waals surface area (Å²) in [7, 11) is 1.68. The highest BCUT2D eigenvalue weighted by Gasteiger charge is 2.53. The molecular weight excluding hydrogens is 1300 g/mol. The summed E-state index contributed by atoms with van der Waals surface area (Å²) in [5.41, 5.74) is 3.71. The average Bonchev–Trinajstić information content (AvgIpc) is 1.63. The first kappa shape index (κ1) is 76.5. The Balaban J connectivity index is 0.000000252. The molecule has 1 saturated heterocycles. The van der Waals surface area contributed by atoms with Crippen LogP contribution in [0, 0.1) is 29.1 Å². The van der Waals surface area contributed by atoms with E-state index in [0.29, 0.717) is 44.7 Å². The number of carbonyl (C=O) groups is 9. The highest BCUT2D eigenvalue weighted by atomic mass is 32.1. The van der Waals surface area contributed by atoms with Crippen molar-refractivity contribution in [1.82, 2.24) is 67.0 Å². The van der Waals surface area contributed by atoms with Crippen LogP contribution in [0.4, 0.5) is 9.59 Å². The molecule has 0 bridgehead atoms. The molecule has 4 heterocycles. The van der Waals surface area contributed by atoms with Crippen molar-refractivity contribution in [3.05, 3.63) is 129 Å². The topological polar surface area (TPSA) is 325 Å². The largest absolute Gasteiger partial charge is 0.444 e. The van der Waals surface area contributed by atoms with E-state index >= 15 is 0 Å². The molecule has 10 atom stereocenters. The minimum absolute atomic E-state index is 0.0132.